The maximum absolute atomic E-state index is 11.9. The number of likely N-dealkylation sites (N-methyl/N-ethyl adjacent to an activating group) is 1. The van der Waals surface area contributed by atoms with Gasteiger partial charge in [0.15, 0.2) is 0 Å². The van der Waals surface area contributed by atoms with Crippen LogP contribution in [0.4, 0.5) is 13.2 Å². The van der Waals surface area contributed by atoms with Gasteiger partial charge >= 0.3 is 6.18 Å². The molecule has 0 heterocycles. The molecule has 0 atom stereocenters. The predicted molar refractivity (Wildman–Crippen MR) is 63.0 cm³/mol. The van der Waals surface area contributed by atoms with Gasteiger partial charge in [-0.15, -0.1) is 0 Å². The first-order valence-corrected chi connectivity index (χ1v) is 6.47. The van der Waals surface area contributed by atoms with Crippen molar-refractivity contribution in [2.45, 2.75) is 50.7 Å². The lowest BCUT2D eigenvalue weighted by atomic mass is 10.1. The molecule has 17 heavy (non-hydrogen) atoms. The zero-order valence-electron chi connectivity index (χ0n) is 10.5. The first-order chi connectivity index (χ1) is 7.99. The summed E-state index contributed by atoms with van der Waals surface area (Å²) < 4.78 is 35.7. The summed E-state index contributed by atoms with van der Waals surface area (Å²) in [7, 11) is 2.02. The van der Waals surface area contributed by atoms with Crippen molar-refractivity contribution in [3.63, 3.8) is 0 Å². The van der Waals surface area contributed by atoms with Crippen LogP contribution in [0.25, 0.3) is 0 Å². The van der Waals surface area contributed by atoms with E-state index in [-0.39, 0.29) is 0 Å². The third-order valence-electron chi connectivity index (χ3n) is 3.41. The fourth-order valence-corrected chi connectivity index (χ4v) is 2.37. The minimum Gasteiger partial charge on any atom is -0.307 e. The summed E-state index contributed by atoms with van der Waals surface area (Å²) in [6.07, 6.45) is 3.40. The Morgan fingerprint density at radius 3 is 2.24 bits per heavy atom. The zero-order valence-corrected chi connectivity index (χ0v) is 10.5. The summed E-state index contributed by atoms with van der Waals surface area (Å²) in [6, 6.07) is 0.560. The second-order valence-corrected chi connectivity index (χ2v) is 4.92. The van der Waals surface area contributed by atoms with E-state index < -0.39 is 12.7 Å². The molecular formula is C12H23F3N2. The van der Waals surface area contributed by atoms with Crippen molar-refractivity contribution in [1.82, 2.24) is 10.2 Å². The molecule has 0 spiro atoms. The van der Waals surface area contributed by atoms with Gasteiger partial charge in [-0.25, -0.2) is 0 Å². The molecule has 0 aromatic rings. The number of nitrogens with zero attached hydrogens (tertiary/aromatic N) is 1. The molecule has 0 amide bonds. The van der Waals surface area contributed by atoms with Crippen LogP contribution >= 0.6 is 0 Å². The van der Waals surface area contributed by atoms with E-state index in [9.17, 15) is 13.2 Å². The summed E-state index contributed by atoms with van der Waals surface area (Å²) >= 11 is 0. The van der Waals surface area contributed by atoms with Gasteiger partial charge in [-0.2, -0.15) is 13.2 Å². The summed E-state index contributed by atoms with van der Waals surface area (Å²) in [4.78, 5) is 2.20. The van der Waals surface area contributed by atoms with Crippen molar-refractivity contribution in [1.29, 1.82) is 0 Å². The molecule has 1 N–H and O–H groups in total. The molecule has 102 valence electrons. The molecule has 0 aromatic carbocycles. The number of halogens is 3. The predicted octanol–water partition coefficient (Wildman–Crippen LogP) is 2.79. The van der Waals surface area contributed by atoms with E-state index >= 15 is 0 Å². The Morgan fingerprint density at radius 2 is 1.71 bits per heavy atom. The van der Waals surface area contributed by atoms with Crippen LogP contribution in [0.1, 0.15) is 38.5 Å². The molecule has 1 saturated carbocycles. The Kier molecular flexibility index (Phi) is 6.27. The number of hydrogen-bond acceptors (Lipinski definition) is 2. The van der Waals surface area contributed by atoms with Gasteiger partial charge in [-0.05, 0) is 19.9 Å². The Labute approximate surface area is 102 Å². The summed E-state index contributed by atoms with van der Waals surface area (Å²) in [5.41, 5.74) is 0. The van der Waals surface area contributed by atoms with Crippen LogP contribution in [-0.2, 0) is 0 Å². The molecule has 0 aliphatic heterocycles. The van der Waals surface area contributed by atoms with Crippen LogP contribution in [0.15, 0.2) is 0 Å². The summed E-state index contributed by atoms with van der Waals surface area (Å²) in [5.74, 6) is 0. The average molecular weight is 252 g/mol. The van der Waals surface area contributed by atoms with E-state index in [1.54, 1.807) is 0 Å². The fraction of sp³-hybridized carbons (Fsp3) is 1.00. The molecular weight excluding hydrogens is 229 g/mol. The minimum absolute atomic E-state index is 0.409. The van der Waals surface area contributed by atoms with Gasteiger partial charge in [0.2, 0.25) is 0 Å². The Balaban J connectivity index is 2.13. The largest absolute Gasteiger partial charge is 0.401 e. The van der Waals surface area contributed by atoms with E-state index in [1.807, 2.05) is 7.05 Å². The molecule has 1 aliphatic carbocycles. The van der Waals surface area contributed by atoms with Crippen LogP contribution < -0.4 is 5.32 Å². The van der Waals surface area contributed by atoms with Crippen LogP contribution in [-0.4, -0.2) is 43.8 Å². The SMILES string of the molecule is CN(CCNCC(F)(F)F)C1CCCCCC1. The minimum atomic E-state index is -4.10. The van der Waals surface area contributed by atoms with Crippen LogP contribution in [0.2, 0.25) is 0 Å². The van der Waals surface area contributed by atoms with Crippen molar-refractivity contribution >= 4 is 0 Å². The monoisotopic (exact) mass is 252 g/mol. The number of nitrogens with one attached hydrogen (secondary N) is 1. The van der Waals surface area contributed by atoms with Crippen molar-refractivity contribution < 1.29 is 13.2 Å². The molecule has 2 nitrogen and oxygen atoms in total. The van der Waals surface area contributed by atoms with Crippen molar-refractivity contribution in [3.8, 4) is 0 Å². The molecule has 0 radical (unpaired) electrons. The second kappa shape index (κ2) is 7.21. The lowest BCUT2D eigenvalue weighted by molar-refractivity contribution is -0.124. The van der Waals surface area contributed by atoms with E-state index in [4.69, 9.17) is 0 Å². The third kappa shape index (κ3) is 6.88. The molecule has 1 rings (SSSR count). The summed E-state index contributed by atoms with van der Waals surface area (Å²) in [5, 5.41) is 2.44. The van der Waals surface area contributed by atoms with Crippen LogP contribution in [0, 0.1) is 0 Å². The Hall–Kier alpha value is -0.290. The van der Waals surface area contributed by atoms with Gasteiger partial charge in [-0.1, -0.05) is 25.7 Å². The maximum atomic E-state index is 11.9. The molecule has 0 aromatic heterocycles. The molecule has 0 saturated heterocycles. The van der Waals surface area contributed by atoms with Crippen molar-refractivity contribution in [3.05, 3.63) is 0 Å². The second-order valence-electron chi connectivity index (χ2n) is 4.92. The Morgan fingerprint density at radius 1 is 1.12 bits per heavy atom. The fourth-order valence-electron chi connectivity index (χ4n) is 2.37. The van der Waals surface area contributed by atoms with Gasteiger partial charge in [0.1, 0.15) is 0 Å². The smallest absolute Gasteiger partial charge is 0.307 e. The van der Waals surface area contributed by atoms with Gasteiger partial charge in [0.05, 0.1) is 6.54 Å². The van der Waals surface area contributed by atoms with Crippen molar-refractivity contribution in [2.24, 2.45) is 0 Å². The van der Waals surface area contributed by atoms with E-state index in [2.05, 4.69) is 10.2 Å². The lowest BCUT2D eigenvalue weighted by Crippen LogP contribution is -2.39. The summed E-state index contributed by atoms with van der Waals surface area (Å²) in [6.45, 7) is 0.221. The molecule has 0 bridgehead atoms. The highest BCUT2D eigenvalue weighted by atomic mass is 19.4. The highest BCUT2D eigenvalue weighted by molar-refractivity contribution is 4.73. The average Bonchev–Trinajstić information content (AvgIpc) is 2.51. The van der Waals surface area contributed by atoms with Gasteiger partial charge in [-0.3, -0.25) is 0 Å². The standard InChI is InChI=1S/C12H23F3N2/c1-17(9-8-16-10-12(13,14)15)11-6-4-2-3-5-7-11/h11,16H,2-10H2,1H3. The molecule has 0 unspecified atom stereocenters. The topological polar surface area (TPSA) is 15.3 Å². The number of hydrogen-bond donors (Lipinski definition) is 1. The zero-order chi connectivity index (χ0) is 12.7. The van der Waals surface area contributed by atoms with Crippen LogP contribution in [0.3, 0.4) is 0 Å². The Bertz CT molecular complexity index is 198. The maximum Gasteiger partial charge on any atom is 0.401 e. The third-order valence-corrected chi connectivity index (χ3v) is 3.41. The van der Waals surface area contributed by atoms with E-state index in [0.717, 1.165) is 0 Å². The number of rotatable bonds is 5. The molecule has 5 heteroatoms. The highest BCUT2D eigenvalue weighted by Gasteiger charge is 2.26. The highest BCUT2D eigenvalue weighted by Crippen LogP contribution is 2.20. The number of alkyl halides is 3. The van der Waals surface area contributed by atoms with Crippen LogP contribution in [0.5, 0.6) is 0 Å². The molecule has 1 fully saturated rings. The van der Waals surface area contributed by atoms with E-state index in [0.29, 0.717) is 19.1 Å². The van der Waals surface area contributed by atoms with Crippen molar-refractivity contribution in [2.75, 3.05) is 26.7 Å². The normalized spacial score (nSPS) is 19.6. The van der Waals surface area contributed by atoms with E-state index in [1.165, 1.54) is 38.5 Å². The quantitative estimate of drug-likeness (QED) is 0.598. The first kappa shape index (κ1) is 14.8. The van der Waals surface area contributed by atoms with Gasteiger partial charge in [0, 0.05) is 19.1 Å². The van der Waals surface area contributed by atoms with Gasteiger partial charge in [0.25, 0.3) is 0 Å². The first-order valence-electron chi connectivity index (χ1n) is 6.47. The van der Waals surface area contributed by atoms with Gasteiger partial charge < -0.3 is 10.2 Å². The lowest BCUT2D eigenvalue weighted by Gasteiger charge is -2.27. The molecule has 1 aliphatic rings.